The second-order valence-corrected chi connectivity index (χ2v) is 6.09. The van der Waals surface area contributed by atoms with Crippen LogP contribution >= 0.6 is 15.9 Å². The molecule has 2 nitrogen and oxygen atoms in total. The Hall–Kier alpha value is -1.39. The Balaban J connectivity index is 1.89. The molecule has 1 heterocycles. The molecule has 4 heteroatoms. The number of nitrogens with one attached hydrogen (secondary N) is 1. The van der Waals surface area contributed by atoms with Gasteiger partial charge in [0.25, 0.3) is 0 Å². The van der Waals surface area contributed by atoms with Gasteiger partial charge in [0.1, 0.15) is 5.82 Å². The second kappa shape index (κ2) is 6.16. The molecule has 0 unspecified atom stereocenters. The van der Waals surface area contributed by atoms with Crippen molar-refractivity contribution >= 4 is 27.3 Å². The molecule has 0 aliphatic carbocycles. The van der Waals surface area contributed by atoms with Gasteiger partial charge in [-0.1, -0.05) is 35.0 Å². The molecule has 1 N–H and O–H groups in total. The van der Waals surface area contributed by atoms with Gasteiger partial charge in [0, 0.05) is 28.9 Å². The van der Waals surface area contributed by atoms with Gasteiger partial charge in [-0.2, -0.15) is 0 Å². The van der Waals surface area contributed by atoms with Gasteiger partial charge in [-0.05, 0) is 48.4 Å². The Morgan fingerprint density at radius 1 is 1.24 bits per heavy atom. The highest BCUT2D eigenvalue weighted by atomic mass is 79.9. The number of hydrogen-bond acceptors (Lipinski definition) is 2. The lowest BCUT2D eigenvalue weighted by Gasteiger charge is -2.20. The molecule has 0 spiro atoms. The van der Waals surface area contributed by atoms with E-state index in [1.54, 1.807) is 6.07 Å². The zero-order valence-corrected chi connectivity index (χ0v) is 13.6. The van der Waals surface area contributed by atoms with Gasteiger partial charge in [0.05, 0.1) is 0 Å². The third-order valence-electron chi connectivity index (χ3n) is 3.86. The van der Waals surface area contributed by atoms with Gasteiger partial charge < -0.3 is 10.2 Å². The van der Waals surface area contributed by atoms with E-state index in [4.69, 9.17) is 0 Å². The average Bonchev–Trinajstić information content (AvgIpc) is 2.89. The fourth-order valence-electron chi connectivity index (χ4n) is 2.73. The van der Waals surface area contributed by atoms with Gasteiger partial charge in [-0.3, -0.25) is 0 Å². The van der Waals surface area contributed by atoms with Crippen molar-refractivity contribution < 1.29 is 4.39 Å². The average molecular weight is 349 g/mol. The highest BCUT2D eigenvalue weighted by molar-refractivity contribution is 9.10. The molecule has 0 saturated carbocycles. The van der Waals surface area contributed by atoms with Crippen LogP contribution < -0.4 is 10.2 Å². The van der Waals surface area contributed by atoms with E-state index < -0.39 is 0 Å². The Bertz CT molecular complexity index is 657. The Morgan fingerprint density at radius 3 is 2.86 bits per heavy atom. The molecule has 0 aromatic heterocycles. The van der Waals surface area contributed by atoms with Gasteiger partial charge in [-0.25, -0.2) is 4.39 Å². The zero-order valence-electron chi connectivity index (χ0n) is 12.0. The third kappa shape index (κ3) is 2.97. The minimum absolute atomic E-state index is 0.177. The van der Waals surface area contributed by atoms with Crippen LogP contribution in [-0.2, 0) is 13.0 Å². The maximum atomic E-state index is 13.5. The zero-order chi connectivity index (χ0) is 14.8. The Labute approximate surface area is 133 Å². The lowest BCUT2D eigenvalue weighted by Crippen LogP contribution is -2.15. The first-order valence-electron chi connectivity index (χ1n) is 7.24. The summed E-state index contributed by atoms with van der Waals surface area (Å²) in [7, 11) is 0. The molecule has 2 aromatic carbocycles. The molecule has 1 aliphatic rings. The fourth-order valence-corrected chi connectivity index (χ4v) is 3.23. The molecule has 2 aromatic rings. The van der Waals surface area contributed by atoms with E-state index in [1.165, 1.54) is 17.2 Å². The normalized spacial score (nSPS) is 13.6. The minimum Gasteiger partial charge on any atom is -0.341 e. The van der Waals surface area contributed by atoms with Crippen molar-refractivity contribution in [2.45, 2.75) is 19.9 Å². The predicted octanol–water partition coefficient (Wildman–Crippen LogP) is 4.39. The summed E-state index contributed by atoms with van der Waals surface area (Å²) < 4.78 is 14.6. The van der Waals surface area contributed by atoms with E-state index in [9.17, 15) is 4.39 Å². The molecule has 3 rings (SSSR count). The summed E-state index contributed by atoms with van der Waals surface area (Å²) in [4.78, 5) is 2.18. The quantitative estimate of drug-likeness (QED) is 0.881. The van der Waals surface area contributed by atoms with E-state index in [2.05, 4.69) is 51.3 Å². The maximum absolute atomic E-state index is 13.5. The van der Waals surface area contributed by atoms with Crippen LogP contribution in [0.15, 0.2) is 40.9 Å². The molecular weight excluding hydrogens is 331 g/mol. The lowest BCUT2D eigenvalue weighted by molar-refractivity contribution is 0.628. The van der Waals surface area contributed by atoms with E-state index in [0.717, 1.165) is 41.9 Å². The van der Waals surface area contributed by atoms with Gasteiger partial charge >= 0.3 is 0 Å². The van der Waals surface area contributed by atoms with Crippen LogP contribution in [0.1, 0.15) is 18.1 Å². The van der Waals surface area contributed by atoms with Crippen LogP contribution in [0.25, 0.3) is 0 Å². The van der Waals surface area contributed by atoms with Crippen molar-refractivity contribution in [3.8, 4) is 0 Å². The summed E-state index contributed by atoms with van der Waals surface area (Å²) in [6.07, 6.45) is 0.965. The van der Waals surface area contributed by atoms with Crippen LogP contribution in [0.5, 0.6) is 0 Å². The minimum atomic E-state index is -0.177. The van der Waals surface area contributed by atoms with Crippen LogP contribution in [0.2, 0.25) is 0 Å². The molecule has 21 heavy (non-hydrogen) atoms. The molecule has 0 radical (unpaired) electrons. The topological polar surface area (TPSA) is 15.3 Å². The third-order valence-corrected chi connectivity index (χ3v) is 4.59. The first kappa shape index (κ1) is 14.5. The van der Waals surface area contributed by atoms with Crippen LogP contribution in [-0.4, -0.2) is 13.1 Å². The summed E-state index contributed by atoms with van der Waals surface area (Å²) >= 11 is 3.64. The standard InChI is InChI=1S/C17H18BrFN2/c1-2-20-11-13-4-6-15(10-16(13)18)21-8-7-12-3-5-14(19)9-17(12)21/h3-6,9-10,20H,2,7-8,11H2,1H3. The van der Waals surface area contributed by atoms with E-state index >= 15 is 0 Å². The van der Waals surface area contributed by atoms with E-state index in [-0.39, 0.29) is 5.82 Å². The summed E-state index contributed by atoms with van der Waals surface area (Å²) in [5.74, 6) is -0.177. The monoisotopic (exact) mass is 348 g/mol. The molecule has 0 fully saturated rings. The maximum Gasteiger partial charge on any atom is 0.125 e. The largest absolute Gasteiger partial charge is 0.341 e. The number of anilines is 2. The second-order valence-electron chi connectivity index (χ2n) is 5.23. The highest BCUT2D eigenvalue weighted by Gasteiger charge is 2.21. The number of rotatable bonds is 4. The SMILES string of the molecule is CCNCc1ccc(N2CCc3ccc(F)cc32)cc1Br. The summed E-state index contributed by atoms with van der Waals surface area (Å²) in [6, 6.07) is 11.4. The van der Waals surface area contributed by atoms with Crippen molar-refractivity contribution in [1.29, 1.82) is 0 Å². The van der Waals surface area contributed by atoms with Gasteiger partial charge in [0.2, 0.25) is 0 Å². The number of benzene rings is 2. The number of hydrogen-bond donors (Lipinski definition) is 1. The van der Waals surface area contributed by atoms with E-state index in [0.29, 0.717) is 0 Å². The Kier molecular flexibility index (Phi) is 4.27. The summed E-state index contributed by atoms with van der Waals surface area (Å²) in [5, 5.41) is 3.32. The summed E-state index contributed by atoms with van der Waals surface area (Å²) in [6.45, 7) is 4.80. The summed E-state index contributed by atoms with van der Waals surface area (Å²) in [5.41, 5.74) is 4.54. The molecule has 0 saturated heterocycles. The van der Waals surface area contributed by atoms with Gasteiger partial charge in [0.15, 0.2) is 0 Å². The van der Waals surface area contributed by atoms with Crippen LogP contribution in [0.3, 0.4) is 0 Å². The van der Waals surface area contributed by atoms with Crippen molar-refractivity contribution in [3.05, 3.63) is 57.8 Å². The lowest BCUT2D eigenvalue weighted by atomic mass is 10.1. The molecule has 0 bridgehead atoms. The molecule has 110 valence electrons. The number of halogens is 2. The van der Waals surface area contributed by atoms with Gasteiger partial charge in [-0.15, -0.1) is 0 Å². The Morgan fingerprint density at radius 2 is 2.10 bits per heavy atom. The fraction of sp³-hybridized carbons (Fsp3) is 0.294. The van der Waals surface area contributed by atoms with Crippen LogP contribution in [0.4, 0.5) is 15.8 Å². The molecule has 0 atom stereocenters. The van der Waals surface area contributed by atoms with Crippen molar-refractivity contribution in [1.82, 2.24) is 5.32 Å². The first-order valence-corrected chi connectivity index (χ1v) is 8.03. The molecular formula is C17H18BrFN2. The van der Waals surface area contributed by atoms with Crippen molar-refractivity contribution in [3.63, 3.8) is 0 Å². The van der Waals surface area contributed by atoms with Crippen molar-refractivity contribution in [2.24, 2.45) is 0 Å². The molecule has 1 aliphatic heterocycles. The van der Waals surface area contributed by atoms with Crippen LogP contribution in [0, 0.1) is 5.82 Å². The number of nitrogens with zero attached hydrogens (tertiary/aromatic N) is 1. The van der Waals surface area contributed by atoms with E-state index in [1.807, 2.05) is 6.07 Å². The highest BCUT2D eigenvalue weighted by Crippen LogP contribution is 2.36. The smallest absolute Gasteiger partial charge is 0.125 e. The predicted molar refractivity (Wildman–Crippen MR) is 88.6 cm³/mol. The number of fused-ring (bicyclic) bond motifs is 1. The molecule has 0 amide bonds. The first-order chi connectivity index (χ1) is 10.2. The van der Waals surface area contributed by atoms with Crippen molar-refractivity contribution in [2.75, 3.05) is 18.0 Å².